The van der Waals surface area contributed by atoms with Gasteiger partial charge in [0.1, 0.15) is 0 Å². The molecule has 0 saturated heterocycles. The topological polar surface area (TPSA) is 29.5 Å². The van der Waals surface area contributed by atoms with E-state index in [4.69, 9.17) is 17.1 Å². The van der Waals surface area contributed by atoms with E-state index in [1.165, 1.54) is 5.06 Å². The van der Waals surface area contributed by atoms with Crippen LogP contribution in [0.4, 0.5) is 0 Å². The van der Waals surface area contributed by atoms with Crippen molar-refractivity contribution in [3.05, 3.63) is 0 Å². The number of carbonyl (C=O) groups excluding carboxylic acids is 1. The normalized spacial score (nSPS) is 9.12. The predicted molar refractivity (Wildman–Crippen MR) is 68.7 cm³/mol. The molecular weight excluding hydrogens is 289 g/mol. The van der Waals surface area contributed by atoms with E-state index < -0.39 is 0 Å². The fourth-order valence-electron chi connectivity index (χ4n) is 0.917. The summed E-state index contributed by atoms with van der Waals surface area (Å²) in [4.78, 5) is 15.1. The average Bonchev–Trinajstić information content (AvgIpc) is 2.24. The molecule has 0 fully saturated rings. The molecule has 0 spiro atoms. The summed E-state index contributed by atoms with van der Waals surface area (Å²) in [6.45, 7) is 5.35. The summed E-state index contributed by atoms with van der Waals surface area (Å²) in [6.07, 6.45) is 4.32. The van der Waals surface area contributed by atoms with E-state index in [0.717, 1.165) is 31.4 Å². The Kier molecular flexibility index (Phi) is 15.4. The van der Waals surface area contributed by atoms with Crippen LogP contribution in [-0.2, 0) is 26.1 Å². The molecule has 98 valence electrons. The number of hydrogen-bond donors (Lipinski definition) is 0. The zero-order valence-electron chi connectivity index (χ0n) is 9.72. The molecular formula is C10H19NNiO2S2. The first-order valence-electron chi connectivity index (χ1n) is 5.30. The maximum Gasteiger partial charge on any atom is 0.320 e. The molecule has 0 aromatic rings. The largest absolute Gasteiger partial charge is 0.343 e. The summed E-state index contributed by atoms with van der Waals surface area (Å²) in [5.74, 6) is 0.986. The summed E-state index contributed by atoms with van der Waals surface area (Å²) >= 11 is 6.75. The van der Waals surface area contributed by atoms with E-state index in [2.05, 4.69) is 13.8 Å². The molecule has 0 aromatic heterocycles. The first-order valence-corrected chi connectivity index (χ1v) is 6.70. The molecule has 0 rings (SSSR count). The molecule has 0 atom stereocenters. The van der Waals surface area contributed by atoms with Crippen molar-refractivity contribution in [3.8, 4) is 0 Å². The van der Waals surface area contributed by atoms with Crippen molar-refractivity contribution in [2.75, 3.05) is 12.3 Å². The molecule has 0 radical (unpaired) electrons. The van der Waals surface area contributed by atoms with Crippen LogP contribution in [-0.4, -0.2) is 28.2 Å². The van der Waals surface area contributed by atoms with Gasteiger partial charge < -0.3 is 4.84 Å². The quantitative estimate of drug-likeness (QED) is 0.226. The molecule has 0 heterocycles. The van der Waals surface area contributed by atoms with Crippen molar-refractivity contribution < 1.29 is 26.1 Å². The number of rotatable bonds is 8. The summed E-state index contributed by atoms with van der Waals surface area (Å²) in [5.41, 5.74) is 0. The van der Waals surface area contributed by atoms with Crippen LogP contribution >= 0.6 is 24.0 Å². The number of hydroxylamine groups is 2. The van der Waals surface area contributed by atoms with Crippen LogP contribution < -0.4 is 0 Å². The van der Waals surface area contributed by atoms with Crippen LogP contribution in [0.5, 0.6) is 0 Å². The Bertz CT molecular complexity index is 194. The summed E-state index contributed by atoms with van der Waals surface area (Å²) in [7, 11) is 0. The van der Waals surface area contributed by atoms with E-state index in [1.807, 2.05) is 0 Å². The van der Waals surface area contributed by atoms with Gasteiger partial charge in [0.15, 0.2) is 4.32 Å². The van der Waals surface area contributed by atoms with E-state index in [9.17, 15) is 4.79 Å². The Morgan fingerprint density at radius 1 is 1.38 bits per heavy atom. The molecule has 0 unspecified atom stereocenters. The zero-order chi connectivity index (χ0) is 11.5. The number of carbonyl (C=O) groups is 1. The Hall–Kier alpha value is 0.204. The molecule has 0 N–H and O–H groups in total. The molecule has 3 nitrogen and oxygen atoms in total. The van der Waals surface area contributed by atoms with Crippen molar-refractivity contribution in [3.63, 3.8) is 0 Å². The molecule has 0 saturated carbocycles. The van der Waals surface area contributed by atoms with Crippen LogP contribution in [0.25, 0.3) is 0 Å². The summed E-state index contributed by atoms with van der Waals surface area (Å²) in [5, 5.41) is 1.51. The van der Waals surface area contributed by atoms with E-state index in [-0.39, 0.29) is 16.5 Å². The maximum atomic E-state index is 10.3. The van der Waals surface area contributed by atoms with Gasteiger partial charge in [-0.2, -0.15) is 5.06 Å². The third-order valence-corrected chi connectivity index (χ3v) is 3.31. The molecule has 0 aromatic carbocycles. The molecule has 0 amide bonds. The van der Waals surface area contributed by atoms with Crippen LogP contribution in [0.3, 0.4) is 0 Å². The van der Waals surface area contributed by atoms with E-state index in [1.54, 1.807) is 11.8 Å². The second-order valence-corrected chi connectivity index (χ2v) is 4.85. The first-order chi connectivity index (χ1) is 7.26. The average molecular weight is 308 g/mol. The SMILES string of the molecule is CCCCSC(=S)N(CCCC)OC=O.[Ni]. The second kappa shape index (κ2) is 13.3. The predicted octanol–water partition coefficient (Wildman–Crippen LogP) is 2.99. The minimum absolute atomic E-state index is 0. The number of unbranched alkanes of at least 4 members (excludes halogenated alkanes) is 2. The van der Waals surface area contributed by atoms with E-state index >= 15 is 0 Å². The Morgan fingerprint density at radius 2 is 2.00 bits per heavy atom. The van der Waals surface area contributed by atoms with Crippen LogP contribution in [0.2, 0.25) is 0 Å². The fraction of sp³-hybridized carbons (Fsp3) is 0.800. The van der Waals surface area contributed by atoms with Gasteiger partial charge in [-0.15, -0.1) is 0 Å². The number of thiocarbonyl (C=S) groups is 1. The number of nitrogens with zero attached hydrogens (tertiary/aromatic N) is 1. The molecule has 0 aliphatic heterocycles. The van der Waals surface area contributed by atoms with Crippen LogP contribution in [0.1, 0.15) is 39.5 Å². The van der Waals surface area contributed by atoms with E-state index in [0.29, 0.717) is 17.3 Å². The maximum absolute atomic E-state index is 10.3. The number of thioether (sulfide) groups is 1. The molecule has 16 heavy (non-hydrogen) atoms. The fourth-order valence-corrected chi connectivity index (χ4v) is 2.19. The van der Waals surface area contributed by atoms with Crippen LogP contribution in [0, 0.1) is 0 Å². The molecule has 0 aliphatic carbocycles. The minimum atomic E-state index is 0. The van der Waals surface area contributed by atoms with Gasteiger partial charge in [-0.05, 0) is 25.1 Å². The zero-order valence-corrected chi connectivity index (χ0v) is 12.3. The third kappa shape index (κ3) is 9.43. The monoisotopic (exact) mass is 307 g/mol. The van der Waals surface area contributed by atoms with Crippen molar-refractivity contribution in [2.45, 2.75) is 39.5 Å². The molecule has 6 heteroatoms. The van der Waals surface area contributed by atoms with Crippen molar-refractivity contribution in [2.24, 2.45) is 0 Å². The van der Waals surface area contributed by atoms with Gasteiger partial charge in [0.25, 0.3) is 0 Å². The molecule has 0 bridgehead atoms. The van der Waals surface area contributed by atoms with Gasteiger partial charge >= 0.3 is 6.47 Å². The summed E-state index contributed by atoms with van der Waals surface area (Å²) < 4.78 is 0.656. The van der Waals surface area contributed by atoms with Gasteiger partial charge in [0, 0.05) is 22.2 Å². The minimum Gasteiger partial charge on any atom is -0.343 e. The van der Waals surface area contributed by atoms with Gasteiger partial charge in [0.2, 0.25) is 0 Å². The van der Waals surface area contributed by atoms with Gasteiger partial charge in [0.05, 0.1) is 6.54 Å². The second-order valence-electron chi connectivity index (χ2n) is 3.13. The van der Waals surface area contributed by atoms with Crippen LogP contribution in [0.15, 0.2) is 0 Å². The Labute approximate surface area is 118 Å². The standard InChI is InChI=1S/C10H19NO2S2.Ni/c1-3-5-7-11(13-9-12)10(14)15-8-6-4-2;/h9H,3-8H2,1-2H3;. The smallest absolute Gasteiger partial charge is 0.320 e. The van der Waals surface area contributed by atoms with Gasteiger partial charge in [-0.1, -0.05) is 38.5 Å². The van der Waals surface area contributed by atoms with Gasteiger partial charge in [-0.3, -0.25) is 4.79 Å². The Balaban J connectivity index is 0. The molecule has 0 aliphatic rings. The van der Waals surface area contributed by atoms with Crippen molar-refractivity contribution in [1.82, 2.24) is 5.06 Å². The van der Waals surface area contributed by atoms with Gasteiger partial charge in [-0.25, -0.2) is 0 Å². The van der Waals surface area contributed by atoms with Crippen molar-refractivity contribution >= 4 is 34.8 Å². The first kappa shape index (κ1) is 18.6. The van der Waals surface area contributed by atoms with Crippen molar-refractivity contribution in [1.29, 1.82) is 0 Å². The Morgan fingerprint density at radius 3 is 2.50 bits per heavy atom. The third-order valence-electron chi connectivity index (χ3n) is 1.81. The number of hydrogen-bond acceptors (Lipinski definition) is 4. The summed E-state index contributed by atoms with van der Waals surface area (Å²) in [6, 6.07) is 0.